The molecule has 1 heterocycles. The molecule has 23 heavy (non-hydrogen) atoms. The molecule has 132 valence electrons. The van der Waals surface area contributed by atoms with E-state index in [2.05, 4.69) is 5.32 Å². The van der Waals surface area contributed by atoms with Crippen LogP contribution < -0.4 is 5.32 Å². The molecule has 0 radical (unpaired) electrons. The van der Waals surface area contributed by atoms with Crippen molar-refractivity contribution in [2.45, 2.75) is 59.9 Å². The number of carboxylic acid groups (broad SMARTS) is 1. The zero-order valence-corrected chi connectivity index (χ0v) is 14.9. The largest absolute Gasteiger partial charge is 0.480 e. The lowest BCUT2D eigenvalue weighted by atomic mass is 9.90. The normalized spacial score (nSPS) is 19.1. The highest BCUT2D eigenvalue weighted by Gasteiger charge is 2.34. The van der Waals surface area contributed by atoms with E-state index in [1.54, 1.807) is 4.90 Å². The van der Waals surface area contributed by atoms with E-state index in [1.807, 2.05) is 34.6 Å². The van der Waals surface area contributed by atoms with Crippen molar-refractivity contribution in [3.8, 4) is 0 Å². The quantitative estimate of drug-likeness (QED) is 0.807. The Labute approximate surface area is 138 Å². The molecule has 6 nitrogen and oxygen atoms in total. The molecule has 0 aromatic heterocycles. The number of aliphatic carboxylic acids is 1. The third-order valence-corrected chi connectivity index (χ3v) is 4.57. The van der Waals surface area contributed by atoms with Gasteiger partial charge in [-0.15, -0.1) is 0 Å². The summed E-state index contributed by atoms with van der Waals surface area (Å²) in [6.45, 7) is 10.5. The summed E-state index contributed by atoms with van der Waals surface area (Å²) in [4.78, 5) is 37.7. The fourth-order valence-corrected chi connectivity index (χ4v) is 2.77. The van der Waals surface area contributed by atoms with Gasteiger partial charge in [-0.1, -0.05) is 41.0 Å². The molecular weight excluding hydrogens is 296 g/mol. The molecule has 6 heteroatoms. The van der Waals surface area contributed by atoms with Gasteiger partial charge in [0, 0.05) is 24.4 Å². The lowest BCUT2D eigenvalue weighted by molar-refractivity contribution is -0.145. The highest BCUT2D eigenvalue weighted by molar-refractivity contribution is 5.86. The minimum absolute atomic E-state index is 0.0966. The van der Waals surface area contributed by atoms with Gasteiger partial charge >= 0.3 is 5.97 Å². The smallest absolute Gasteiger partial charge is 0.326 e. The third-order valence-electron chi connectivity index (χ3n) is 4.57. The highest BCUT2D eigenvalue weighted by atomic mass is 16.4. The Balaban J connectivity index is 2.58. The van der Waals surface area contributed by atoms with Crippen LogP contribution in [0.15, 0.2) is 0 Å². The van der Waals surface area contributed by atoms with Gasteiger partial charge < -0.3 is 15.3 Å². The highest BCUT2D eigenvalue weighted by Crippen LogP contribution is 2.24. The summed E-state index contributed by atoms with van der Waals surface area (Å²) in [6.07, 6.45) is 1.86. The van der Waals surface area contributed by atoms with Gasteiger partial charge in [-0.25, -0.2) is 4.79 Å². The fourth-order valence-electron chi connectivity index (χ4n) is 2.77. The molecule has 2 amide bonds. The Morgan fingerprint density at radius 1 is 1.22 bits per heavy atom. The Hall–Kier alpha value is -1.59. The maximum atomic E-state index is 12.3. The second-order valence-corrected chi connectivity index (χ2v) is 7.53. The van der Waals surface area contributed by atoms with Crippen LogP contribution in [0.5, 0.6) is 0 Å². The van der Waals surface area contributed by atoms with Gasteiger partial charge in [0.05, 0.1) is 0 Å². The zero-order valence-electron chi connectivity index (χ0n) is 14.9. The molecule has 0 saturated carbocycles. The molecule has 2 atom stereocenters. The summed E-state index contributed by atoms with van der Waals surface area (Å²) in [5.74, 6) is -1.43. The van der Waals surface area contributed by atoms with Crippen molar-refractivity contribution >= 4 is 17.8 Å². The minimum atomic E-state index is -0.993. The molecule has 1 saturated heterocycles. The molecule has 1 fully saturated rings. The van der Waals surface area contributed by atoms with Crippen LogP contribution in [0.25, 0.3) is 0 Å². The summed E-state index contributed by atoms with van der Waals surface area (Å²) in [5, 5.41) is 11.9. The van der Waals surface area contributed by atoms with E-state index in [0.717, 1.165) is 0 Å². The van der Waals surface area contributed by atoms with Gasteiger partial charge in [0.2, 0.25) is 11.8 Å². The van der Waals surface area contributed by atoms with Crippen LogP contribution in [0.4, 0.5) is 0 Å². The van der Waals surface area contributed by atoms with Crippen LogP contribution >= 0.6 is 0 Å². The average Bonchev–Trinajstić information content (AvgIpc) is 2.49. The maximum absolute atomic E-state index is 12.3. The first-order chi connectivity index (χ1) is 10.6. The van der Waals surface area contributed by atoms with E-state index in [-0.39, 0.29) is 23.7 Å². The number of hydrogen-bond acceptors (Lipinski definition) is 3. The van der Waals surface area contributed by atoms with Crippen molar-refractivity contribution < 1.29 is 19.5 Å². The molecule has 1 aliphatic rings. The van der Waals surface area contributed by atoms with Gasteiger partial charge in [-0.3, -0.25) is 9.59 Å². The molecule has 0 aromatic carbocycles. The minimum Gasteiger partial charge on any atom is -0.480 e. The first-order valence-electron chi connectivity index (χ1n) is 8.40. The number of nitrogens with one attached hydrogen (secondary N) is 1. The zero-order chi connectivity index (χ0) is 17.8. The summed E-state index contributed by atoms with van der Waals surface area (Å²) in [7, 11) is 0. The Kier molecular flexibility index (Phi) is 6.59. The van der Waals surface area contributed by atoms with Crippen molar-refractivity contribution in [3.05, 3.63) is 0 Å². The summed E-state index contributed by atoms with van der Waals surface area (Å²) >= 11 is 0. The number of amides is 2. The van der Waals surface area contributed by atoms with Crippen LogP contribution in [0.1, 0.15) is 53.9 Å². The second-order valence-electron chi connectivity index (χ2n) is 7.53. The number of carboxylic acids is 1. The molecule has 0 aromatic rings. The number of carbonyl (C=O) groups excluding carboxylic acids is 2. The number of rotatable bonds is 5. The van der Waals surface area contributed by atoms with E-state index >= 15 is 0 Å². The van der Waals surface area contributed by atoms with Crippen LogP contribution in [-0.2, 0) is 14.4 Å². The van der Waals surface area contributed by atoms with E-state index in [0.29, 0.717) is 32.4 Å². The third kappa shape index (κ3) is 5.22. The first-order valence-corrected chi connectivity index (χ1v) is 8.40. The van der Waals surface area contributed by atoms with Gasteiger partial charge in [-0.05, 0) is 18.8 Å². The van der Waals surface area contributed by atoms with Gasteiger partial charge in [-0.2, -0.15) is 0 Å². The fraction of sp³-hybridized carbons (Fsp3) is 0.824. The molecule has 1 rings (SSSR count). The molecule has 1 aliphatic heterocycles. The Morgan fingerprint density at radius 2 is 1.74 bits per heavy atom. The van der Waals surface area contributed by atoms with Crippen molar-refractivity contribution in [3.63, 3.8) is 0 Å². The van der Waals surface area contributed by atoms with Crippen LogP contribution in [0, 0.1) is 17.3 Å². The van der Waals surface area contributed by atoms with Crippen molar-refractivity contribution in [1.29, 1.82) is 0 Å². The monoisotopic (exact) mass is 326 g/mol. The Morgan fingerprint density at radius 3 is 2.13 bits per heavy atom. The number of carbonyl (C=O) groups is 3. The van der Waals surface area contributed by atoms with E-state index in [4.69, 9.17) is 0 Å². The number of likely N-dealkylation sites (tertiary alicyclic amines) is 1. The van der Waals surface area contributed by atoms with E-state index in [1.165, 1.54) is 0 Å². The predicted octanol–water partition coefficient (Wildman–Crippen LogP) is 1.89. The van der Waals surface area contributed by atoms with Crippen LogP contribution in [-0.4, -0.2) is 46.9 Å². The Bertz CT molecular complexity index is 448. The number of piperidine rings is 1. The van der Waals surface area contributed by atoms with Crippen LogP contribution in [0.2, 0.25) is 0 Å². The summed E-state index contributed by atoms with van der Waals surface area (Å²) in [6, 6.07) is -0.846. The lowest BCUT2D eigenvalue weighted by Crippen LogP contribution is -2.50. The summed E-state index contributed by atoms with van der Waals surface area (Å²) < 4.78 is 0. The standard InChI is InChI=1S/C17H30N2O4/c1-6-11(2)13(15(21)22)18-14(20)12-7-9-19(10-8-12)16(23)17(3,4)5/h11-13H,6-10H2,1-5H3,(H,18,20)(H,21,22)/t11-,13-/m0/s1. The average molecular weight is 326 g/mol. The number of nitrogens with zero attached hydrogens (tertiary/aromatic N) is 1. The van der Waals surface area contributed by atoms with Gasteiger partial charge in [0.25, 0.3) is 0 Å². The van der Waals surface area contributed by atoms with Crippen molar-refractivity contribution in [2.24, 2.45) is 17.3 Å². The SMILES string of the molecule is CC[C@H](C)[C@H](NC(=O)C1CCN(C(=O)C(C)(C)C)CC1)C(=O)O. The van der Waals surface area contributed by atoms with Gasteiger partial charge in [0.15, 0.2) is 0 Å². The van der Waals surface area contributed by atoms with Gasteiger partial charge in [0.1, 0.15) is 6.04 Å². The molecular formula is C17H30N2O4. The molecule has 0 aliphatic carbocycles. The first kappa shape index (κ1) is 19.5. The second kappa shape index (κ2) is 7.79. The predicted molar refractivity (Wildman–Crippen MR) is 87.8 cm³/mol. The maximum Gasteiger partial charge on any atom is 0.326 e. The molecule has 2 N–H and O–H groups in total. The number of hydrogen-bond donors (Lipinski definition) is 2. The lowest BCUT2D eigenvalue weighted by Gasteiger charge is -2.35. The van der Waals surface area contributed by atoms with Crippen LogP contribution in [0.3, 0.4) is 0 Å². The van der Waals surface area contributed by atoms with Crippen molar-refractivity contribution in [2.75, 3.05) is 13.1 Å². The molecule has 0 unspecified atom stereocenters. The molecule has 0 bridgehead atoms. The van der Waals surface area contributed by atoms with E-state index < -0.39 is 17.4 Å². The summed E-state index contributed by atoms with van der Waals surface area (Å²) in [5.41, 5.74) is -0.417. The molecule has 0 spiro atoms. The topological polar surface area (TPSA) is 86.7 Å². The van der Waals surface area contributed by atoms with Crippen molar-refractivity contribution in [1.82, 2.24) is 10.2 Å². The van der Waals surface area contributed by atoms with E-state index in [9.17, 15) is 19.5 Å².